The van der Waals surface area contributed by atoms with Gasteiger partial charge in [-0.3, -0.25) is 0 Å². The molecule has 0 fully saturated rings. The first-order chi connectivity index (χ1) is 9.65. The van der Waals surface area contributed by atoms with Crippen molar-refractivity contribution < 1.29 is 4.74 Å². The summed E-state index contributed by atoms with van der Waals surface area (Å²) in [6, 6.07) is 5.97. The number of ether oxygens (including phenoxy) is 1. The third kappa shape index (κ3) is 2.59. The van der Waals surface area contributed by atoms with Crippen LogP contribution in [0.5, 0.6) is 5.88 Å². The van der Waals surface area contributed by atoms with Crippen molar-refractivity contribution in [1.29, 1.82) is 0 Å². The van der Waals surface area contributed by atoms with E-state index in [0.29, 0.717) is 10.9 Å². The summed E-state index contributed by atoms with van der Waals surface area (Å²) in [6.45, 7) is 3.96. The number of hydrogen-bond donors (Lipinski definition) is 0. The highest BCUT2D eigenvalue weighted by molar-refractivity contribution is 8.01. The number of nitrogens with zero attached hydrogens (tertiary/aromatic N) is 4. The third-order valence-electron chi connectivity index (χ3n) is 2.64. The number of aromatic nitrogens is 4. The summed E-state index contributed by atoms with van der Waals surface area (Å²) in [5, 5.41) is 9.73. The van der Waals surface area contributed by atoms with E-state index in [1.165, 1.54) is 23.1 Å². The van der Waals surface area contributed by atoms with Gasteiger partial charge in [0, 0.05) is 0 Å². The second-order valence-corrected chi connectivity index (χ2v) is 6.64. The van der Waals surface area contributed by atoms with Crippen LogP contribution in [-0.4, -0.2) is 27.3 Å². The Morgan fingerprint density at radius 1 is 1.10 bits per heavy atom. The van der Waals surface area contributed by atoms with Crippen LogP contribution in [0.15, 0.2) is 27.6 Å². The summed E-state index contributed by atoms with van der Waals surface area (Å²) in [7, 11) is 1.60. The molecule has 3 rings (SSSR count). The monoisotopic (exact) mass is 304 g/mol. The van der Waals surface area contributed by atoms with Gasteiger partial charge in [0.1, 0.15) is 5.01 Å². The minimum atomic E-state index is 0.513. The Labute approximate surface area is 124 Å². The largest absolute Gasteiger partial charge is 0.479 e. The van der Waals surface area contributed by atoms with Crippen molar-refractivity contribution in [2.24, 2.45) is 0 Å². The summed E-state index contributed by atoms with van der Waals surface area (Å²) in [5.74, 6) is 0.513. The minimum Gasteiger partial charge on any atom is -0.479 e. The van der Waals surface area contributed by atoms with Gasteiger partial charge in [0.15, 0.2) is 9.37 Å². The van der Waals surface area contributed by atoms with Gasteiger partial charge in [0.2, 0.25) is 5.88 Å². The van der Waals surface area contributed by atoms with E-state index in [1.807, 2.05) is 32.0 Å². The average Bonchev–Trinajstić information content (AvgIpc) is 2.83. The normalized spacial score (nSPS) is 10.9. The first-order valence-corrected chi connectivity index (χ1v) is 7.59. The van der Waals surface area contributed by atoms with Crippen LogP contribution in [0.3, 0.4) is 0 Å². The Bertz CT molecular complexity index is 772. The van der Waals surface area contributed by atoms with E-state index in [4.69, 9.17) is 4.74 Å². The smallest absolute Gasteiger partial charge is 0.247 e. The zero-order valence-corrected chi connectivity index (χ0v) is 12.9. The fourth-order valence-corrected chi connectivity index (χ4v) is 3.52. The van der Waals surface area contributed by atoms with Crippen molar-refractivity contribution in [2.45, 2.75) is 23.2 Å². The maximum absolute atomic E-state index is 5.32. The average molecular weight is 304 g/mol. The molecule has 7 heteroatoms. The lowest BCUT2D eigenvalue weighted by atomic mass is 10.2. The highest BCUT2D eigenvalue weighted by atomic mass is 32.2. The summed E-state index contributed by atoms with van der Waals surface area (Å²) < 4.78 is 6.16. The number of benzene rings is 1. The zero-order valence-electron chi connectivity index (χ0n) is 11.2. The molecule has 3 aromatic rings. The van der Waals surface area contributed by atoms with Gasteiger partial charge in [0.25, 0.3) is 0 Å². The second kappa shape index (κ2) is 5.34. The molecule has 20 heavy (non-hydrogen) atoms. The van der Waals surface area contributed by atoms with Crippen LogP contribution in [0, 0.1) is 13.8 Å². The molecule has 0 radical (unpaired) electrons. The van der Waals surface area contributed by atoms with E-state index < -0.39 is 0 Å². The molecule has 2 aromatic heterocycles. The van der Waals surface area contributed by atoms with Crippen molar-refractivity contribution >= 4 is 34.1 Å². The number of rotatable bonds is 3. The van der Waals surface area contributed by atoms with Crippen molar-refractivity contribution in [3.05, 3.63) is 28.8 Å². The number of fused-ring (bicyclic) bond motifs is 1. The van der Waals surface area contributed by atoms with Crippen LogP contribution in [0.2, 0.25) is 0 Å². The van der Waals surface area contributed by atoms with E-state index >= 15 is 0 Å². The second-order valence-electron chi connectivity index (χ2n) is 4.22. The van der Waals surface area contributed by atoms with Crippen molar-refractivity contribution in [2.75, 3.05) is 7.11 Å². The van der Waals surface area contributed by atoms with Gasteiger partial charge in [-0.2, -0.15) is 0 Å². The van der Waals surface area contributed by atoms with Gasteiger partial charge in [-0.1, -0.05) is 17.4 Å². The lowest BCUT2D eigenvalue weighted by Gasteiger charge is -2.06. The Morgan fingerprint density at radius 2 is 1.95 bits per heavy atom. The van der Waals surface area contributed by atoms with Gasteiger partial charge in [-0.15, -0.1) is 10.2 Å². The molecule has 5 nitrogen and oxygen atoms in total. The fraction of sp³-hybridized carbons (Fsp3) is 0.231. The van der Waals surface area contributed by atoms with Crippen molar-refractivity contribution in [1.82, 2.24) is 20.2 Å². The molecule has 1 aromatic carbocycles. The number of hydrogen-bond acceptors (Lipinski definition) is 7. The minimum absolute atomic E-state index is 0.513. The molecule has 0 atom stereocenters. The molecule has 2 heterocycles. The first kappa shape index (κ1) is 13.3. The molecule has 0 aliphatic rings. The SMILES string of the molecule is COc1nc2ccc(C)cc2nc1Sc1nnc(C)s1. The Morgan fingerprint density at radius 3 is 2.65 bits per heavy atom. The van der Waals surface area contributed by atoms with Gasteiger partial charge < -0.3 is 4.74 Å². The summed E-state index contributed by atoms with van der Waals surface area (Å²) in [6.07, 6.45) is 0. The molecular formula is C13H12N4OS2. The Kier molecular flexibility index (Phi) is 3.54. The molecule has 0 aliphatic heterocycles. The van der Waals surface area contributed by atoms with Crippen molar-refractivity contribution in [3.63, 3.8) is 0 Å². The van der Waals surface area contributed by atoms with E-state index in [-0.39, 0.29) is 0 Å². The molecule has 0 spiro atoms. The van der Waals surface area contributed by atoms with Crippen LogP contribution in [0.25, 0.3) is 11.0 Å². The molecule has 0 saturated heterocycles. The van der Waals surface area contributed by atoms with Crippen molar-refractivity contribution in [3.8, 4) is 5.88 Å². The lowest BCUT2D eigenvalue weighted by molar-refractivity contribution is 0.385. The molecule has 102 valence electrons. The molecule has 0 saturated carbocycles. The first-order valence-electron chi connectivity index (χ1n) is 5.96. The molecule has 0 unspecified atom stereocenters. The van der Waals surface area contributed by atoms with Crippen LogP contribution >= 0.6 is 23.1 Å². The maximum atomic E-state index is 5.32. The van der Waals surface area contributed by atoms with Crippen LogP contribution < -0.4 is 4.74 Å². The van der Waals surface area contributed by atoms with Gasteiger partial charge in [-0.05, 0) is 43.3 Å². The molecular weight excluding hydrogens is 292 g/mol. The Hall–Kier alpha value is -1.73. The summed E-state index contributed by atoms with van der Waals surface area (Å²) in [5.41, 5.74) is 2.83. The topological polar surface area (TPSA) is 60.8 Å². The highest BCUT2D eigenvalue weighted by Gasteiger charge is 2.13. The predicted molar refractivity (Wildman–Crippen MR) is 79.6 cm³/mol. The highest BCUT2D eigenvalue weighted by Crippen LogP contribution is 2.34. The van der Waals surface area contributed by atoms with E-state index in [1.54, 1.807) is 7.11 Å². The van der Waals surface area contributed by atoms with Gasteiger partial charge >= 0.3 is 0 Å². The molecule has 0 N–H and O–H groups in total. The quantitative estimate of drug-likeness (QED) is 0.740. The van der Waals surface area contributed by atoms with Crippen LogP contribution in [-0.2, 0) is 0 Å². The Balaban J connectivity index is 2.07. The van der Waals surface area contributed by atoms with E-state index in [0.717, 1.165) is 25.9 Å². The van der Waals surface area contributed by atoms with Gasteiger partial charge in [-0.25, -0.2) is 9.97 Å². The van der Waals surface area contributed by atoms with Gasteiger partial charge in [0.05, 0.1) is 18.1 Å². The standard InChI is InChI=1S/C13H12N4OS2/c1-7-4-5-9-10(6-7)15-12(11(14-9)18-3)20-13-17-16-8(2)19-13/h4-6H,1-3H3. The van der Waals surface area contributed by atoms with Crippen LogP contribution in [0.1, 0.15) is 10.6 Å². The number of methoxy groups -OCH3 is 1. The van der Waals surface area contributed by atoms with Crippen LogP contribution in [0.4, 0.5) is 0 Å². The molecule has 0 bridgehead atoms. The maximum Gasteiger partial charge on any atom is 0.247 e. The van der Waals surface area contributed by atoms with E-state index in [2.05, 4.69) is 20.2 Å². The summed E-state index contributed by atoms with van der Waals surface area (Å²) in [4.78, 5) is 9.11. The number of aryl methyl sites for hydroxylation is 2. The predicted octanol–water partition coefficient (Wildman–Crippen LogP) is 3.26. The molecule has 0 amide bonds. The fourth-order valence-electron chi connectivity index (χ4n) is 1.73. The van der Waals surface area contributed by atoms with E-state index in [9.17, 15) is 0 Å². The molecule has 0 aliphatic carbocycles. The summed E-state index contributed by atoms with van der Waals surface area (Å²) >= 11 is 2.95. The third-order valence-corrected chi connectivity index (χ3v) is 4.49. The lowest BCUT2D eigenvalue weighted by Crippen LogP contribution is -1.95. The zero-order chi connectivity index (χ0) is 14.1.